The minimum atomic E-state index is -0.295. The van der Waals surface area contributed by atoms with Gasteiger partial charge in [-0.3, -0.25) is 0 Å². The predicted octanol–water partition coefficient (Wildman–Crippen LogP) is 1.44. The summed E-state index contributed by atoms with van der Waals surface area (Å²) in [7, 11) is 1.39. The molecule has 1 aliphatic heterocycles. The summed E-state index contributed by atoms with van der Waals surface area (Å²) in [6.07, 6.45) is 0.0779. The van der Waals surface area contributed by atoms with Gasteiger partial charge in [0, 0.05) is 13.1 Å². The van der Waals surface area contributed by atoms with Crippen LogP contribution in [0.5, 0.6) is 0 Å². The number of carbonyl (C=O) groups is 1. The second-order valence-corrected chi connectivity index (χ2v) is 4.13. The van der Waals surface area contributed by atoms with E-state index in [1.54, 1.807) is 6.07 Å². The minimum absolute atomic E-state index is 0.0779. The fourth-order valence-corrected chi connectivity index (χ4v) is 2.01. The van der Waals surface area contributed by atoms with Crippen molar-refractivity contribution in [1.29, 1.82) is 0 Å². The highest BCUT2D eigenvalue weighted by molar-refractivity contribution is 5.90. The smallest absolute Gasteiger partial charge is 0.338 e. The molecule has 0 spiro atoms. The second-order valence-electron chi connectivity index (χ2n) is 4.13. The molecule has 0 saturated carbocycles. The Morgan fingerprint density at radius 3 is 2.94 bits per heavy atom. The number of benzene rings is 1. The first-order chi connectivity index (χ1) is 8.22. The fourth-order valence-electron chi connectivity index (χ4n) is 2.01. The van der Waals surface area contributed by atoms with Gasteiger partial charge in [0.15, 0.2) is 0 Å². The van der Waals surface area contributed by atoms with Gasteiger partial charge in [0.2, 0.25) is 0 Å². The number of methoxy groups -OCH3 is 1. The largest absolute Gasteiger partial charge is 0.465 e. The lowest BCUT2D eigenvalue weighted by atomic mass is 10.0. The second kappa shape index (κ2) is 5.29. The summed E-state index contributed by atoms with van der Waals surface area (Å²) in [6.45, 7) is 4.35. The number of nitrogens with one attached hydrogen (secondary N) is 1. The molecule has 1 aromatic carbocycles. The van der Waals surface area contributed by atoms with Crippen LogP contribution in [0.4, 0.5) is 0 Å². The zero-order chi connectivity index (χ0) is 12.3. The molecule has 4 nitrogen and oxygen atoms in total. The fraction of sp³-hybridized carbons (Fsp3) is 0.462. The van der Waals surface area contributed by atoms with Crippen molar-refractivity contribution < 1.29 is 14.3 Å². The molecule has 1 aromatic rings. The van der Waals surface area contributed by atoms with Crippen molar-refractivity contribution in [2.45, 2.75) is 13.0 Å². The van der Waals surface area contributed by atoms with Gasteiger partial charge in [-0.15, -0.1) is 0 Å². The zero-order valence-corrected chi connectivity index (χ0v) is 10.2. The first-order valence-electron chi connectivity index (χ1n) is 5.73. The van der Waals surface area contributed by atoms with Crippen molar-refractivity contribution in [2.75, 3.05) is 26.8 Å². The van der Waals surface area contributed by atoms with Crippen LogP contribution in [0.15, 0.2) is 18.2 Å². The Morgan fingerprint density at radius 1 is 1.53 bits per heavy atom. The average Bonchev–Trinajstić information content (AvgIpc) is 2.39. The summed E-state index contributed by atoms with van der Waals surface area (Å²) in [4.78, 5) is 11.5. The van der Waals surface area contributed by atoms with Gasteiger partial charge in [0.1, 0.15) is 0 Å². The van der Waals surface area contributed by atoms with Gasteiger partial charge in [0.25, 0.3) is 0 Å². The van der Waals surface area contributed by atoms with Gasteiger partial charge in [0.05, 0.1) is 25.4 Å². The average molecular weight is 235 g/mol. The Labute approximate surface area is 101 Å². The third-order valence-corrected chi connectivity index (χ3v) is 2.96. The quantitative estimate of drug-likeness (QED) is 0.788. The normalized spacial score (nSPS) is 20.0. The van der Waals surface area contributed by atoms with E-state index in [0.29, 0.717) is 5.56 Å². The van der Waals surface area contributed by atoms with Crippen LogP contribution in [-0.4, -0.2) is 32.8 Å². The van der Waals surface area contributed by atoms with Gasteiger partial charge in [-0.25, -0.2) is 4.79 Å². The molecule has 92 valence electrons. The molecule has 1 aliphatic rings. The third-order valence-electron chi connectivity index (χ3n) is 2.96. The molecule has 2 rings (SSSR count). The summed E-state index contributed by atoms with van der Waals surface area (Å²) in [5.74, 6) is -0.295. The maximum absolute atomic E-state index is 11.5. The molecule has 0 aliphatic carbocycles. The van der Waals surface area contributed by atoms with Crippen molar-refractivity contribution in [3.05, 3.63) is 34.9 Å². The molecule has 0 aromatic heterocycles. The molecule has 0 radical (unpaired) electrons. The monoisotopic (exact) mass is 235 g/mol. The lowest BCUT2D eigenvalue weighted by molar-refractivity contribution is 0.0276. The summed E-state index contributed by atoms with van der Waals surface area (Å²) in [5, 5.41) is 3.28. The molecule has 0 bridgehead atoms. The van der Waals surface area contributed by atoms with Crippen molar-refractivity contribution in [3.8, 4) is 0 Å². The van der Waals surface area contributed by atoms with Gasteiger partial charge in [-0.1, -0.05) is 12.1 Å². The van der Waals surface area contributed by atoms with Crippen LogP contribution in [-0.2, 0) is 9.47 Å². The van der Waals surface area contributed by atoms with E-state index in [1.807, 2.05) is 19.1 Å². The van der Waals surface area contributed by atoms with E-state index in [9.17, 15) is 4.79 Å². The van der Waals surface area contributed by atoms with Crippen LogP contribution in [0.1, 0.15) is 27.6 Å². The Bertz CT molecular complexity index is 411. The zero-order valence-electron chi connectivity index (χ0n) is 10.2. The molecule has 1 saturated heterocycles. The van der Waals surface area contributed by atoms with Crippen LogP contribution >= 0.6 is 0 Å². The Hall–Kier alpha value is -1.39. The highest BCUT2D eigenvalue weighted by Gasteiger charge is 2.17. The SMILES string of the molecule is COC(=O)c1ccc([C@@H]2CNCCO2)cc1C. The van der Waals surface area contributed by atoms with E-state index in [1.165, 1.54) is 7.11 Å². The number of esters is 1. The highest BCUT2D eigenvalue weighted by atomic mass is 16.5. The van der Waals surface area contributed by atoms with Gasteiger partial charge in [-0.2, -0.15) is 0 Å². The van der Waals surface area contributed by atoms with Crippen molar-refractivity contribution in [1.82, 2.24) is 5.32 Å². The maximum atomic E-state index is 11.5. The van der Waals surface area contributed by atoms with E-state index in [-0.39, 0.29) is 12.1 Å². The molecule has 1 fully saturated rings. The number of rotatable bonds is 2. The molecule has 1 N–H and O–H groups in total. The number of hydrogen-bond acceptors (Lipinski definition) is 4. The van der Waals surface area contributed by atoms with Crippen LogP contribution in [0.2, 0.25) is 0 Å². The summed E-state index contributed by atoms with van der Waals surface area (Å²) in [6, 6.07) is 5.72. The van der Waals surface area contributed by atoms with Crippen molar-refractivity contribution >= 4 is 5.97 Å². The number of morpholine rings is 1. The van der Waals surface area contributed by atoms with Crippen molar-refractivity contribution in [3.63, 3.8) is 0 Å². The molecular weight excluding hydrogens is 218 g/mol. The van der Waals surface area contributed by atoms with Gasteiger partial charge < -0.3 is 14.8 Å². The van der Waals surface area contributed by atoms with Crippen LogP contribution in [0.3, 0.4) is 0 Å². The Kier molecular flexibility index (Phi) is 3.76. The number of hydrogen-bond donors (Lipinski definition) is 1. The lowest BCUT2D eigenvalue weighted by Crippen LogP contribution is -2.33. The van der Waals surface area contributed by atoms with Crippen LogP contribution in [0, 0.1) is 6.92 Å². The Morgan fingerprint density at radius 2 is 2.35 bits per heavy atom. The topological polar surface area (TPSA) is 47.6 Å². The number of aryl methyl sites for hydroxylation is 1. The van der Waals surface area contributed by atoms with Crippen molar-refractivity contribution in [2.24, 2.45) is 0 Å². The van der Waals surface area contributed by atoms with E-state index < -0.39 is 0 Å². The highest BCUT2D eigenvalue weighted by Crippen LogP contribution is 2.21. The lowest BCUT2D eigenvalue weighted by Gasteiger charge is -2.24. The molecule has 17 heavy (non-hydrogen) atoms. The number of ether oxygens (including phenoxy) is 2. The van der Waals surface area contributed by atoms with E-state index >= 15 is 0 Å². The molecule has 0 unspecified atom stereocenters. The molecule has 1 atom stereocenters. The standard InChI is InChI=1S/C13H17NO3/c1-9-7-10(12-8-14-5-6-17-12)3-4-11(9)13(15)16-2/h3-4,7,12,14H,5-6,8H2,1-2H3/t12-/m0/s1. The van der Waals surface area contributed by atoms with E-state index in [2.05, 4.69) is 5.32 Å². The van der Waals surface area contributed by atoms with Crippen LogP contribution < -0.4 is 5.32 Å². The molecule has 1 heterocycles. The van der Waals surface area contributed by atoms with Gasteiger partial charge >= 0.3 is 5.97 Å². The van der Waals surface area contributed by atoms with E-state index in [0.717, 1.165) is 30.8 Å². The summed E-state index contributed by atoms with van der Waals surface area (Å²) in [5.41, 5.74) is 2.63. The predicted molar refractivity (Wildman–Crippen MR) is 64.1 cm³/mol. The Balaban J connectivity index is 2.20. The summed E-state index contributed by atoms with van der Waals surface area (Å²) < 4.78 is 10.4. The maximum Gasteiger partial charge on any atom is 0.338 e. The molecular formula is C13H17NO3. The van der Waals surface area contributed by atoms with Gasteiger partial charge in [-0.05, 0) is 24.1 Å². The minimum Gasteiger partial charge on any atom is -0.465 e. The first kappa shape index (κ1) is 12.1. The van der Waals surface area contributed by atoms with E-state index in [4.69, 9.17) is 9.47 Å². The van der Waals surface area contributed by atoms with Crippen LogP contribution in [0.25, 0.3) is 0 Å². The first-order valence-corrected chi connectivity index (χ1v) is 5.73. The molecule has 0 amide bonds. The molecule has 4 heteroatoms. The third kappa shape index (κ3) is 2.65. The number of carbonyl (C=O) groups excluding carboxylic acids is 1. The summed E-state index contributed by atoms with van der Waals surface area (Å²) >= 11 is 0.